The molecule has 112 valence electrons. The van der Waals surface area contributed by atoms with Gasteiger partial charge in [-0.2, -0.15) is 0 Å². The fourth-order valence-corrected chi connectivity index (χ4v) is 3.46. The van der Waals surface area contributed by atoms with E-state index in [9.17, 15) is 8.42 Å². The Bertz CT molecular complexity index is 782. The monoisotopic (exact) mass is 408 g/mol. The lowest BCUT2D eigenvalue weighted by Gasteiger charge is -2.10. The largest absolute Gasteiger partial charge is 0.326 e. The predicted octanol–water partition coefficient (Wildman–Crippen LogP) is 4.02. The third-order valence-corrected chi connectivity index (χ3v) is 5.69. The lowest BCUT2D eigenvalue weighted by Crippen LogP contribution is -2.13. The van der Waals surface area contributed by atoms with Crippen molar-refractivity contribution < 1.29 is 8.42 Å². The normalized spacial score (nSPS) is 11.4. The molecule has 21 heavy (non-hydrogen) atoms. The summed E-state index contributed by atoms with van der Waals surface area (Å²) in [6, 6.07) is 9.18. The lowest BCUT2D eigenvalue weighted by atomic mass is 10.2. The van der Waals surface area contributed by atoms with Crippen molar-refractivity contribution in [3.05, 3.63) is 56.5 Å². The Balaban J connectivity index is 2.33. The predicted molar refractivity (Wildman–Crippen MR) is 89.3 cm³/mol. The molecule has 2 aromatic carbocycles. The second-order valence-electron chi connectivity index (χ2n) is 4.19. The van der Waals surface area contributed by atoms with E-state index in [1.165, 1.54) is 18.2 Å². The average molecular weight is 410 g/mol. The second kappa shape index (κ2) is 6.54. The fourth-order valence-electron chi connectivity index (χ4n) is 1.63. The summed E-state index contributed by atoms with van der Waals surface area (Å²) in [5, 5.41) is 0.723. The van der Waals surface area contributed by atoms with E-state index in [4.69, 9.17) is 28.9 Å². The molecule has 0 spiro atoms. The van der Waals surface area contributed by atoms with Crippen LogP contribution in [0.25, 0.3) is 0 Å². The molecule has 0 heterocycles. The Hall–Kier alpha value is -0.790. The molecule has 8 heteroatoms. The van der Waals surface area contributed by atoms with Gasteiger partial charge in [0, 0.05) is 16.0 Å². The standard InChI is InChI=1S/C13H11BrCl2N2O2S/c14-11-4-2-9(5-13(11)16)18-21(19,20)10-3-1-8(7-17)12(15)6-10/h1-6,18H,7,17H2. The van der Waals surface area contributed by atoms with Crippen LogP contribution in [0.4, 0.5) is 5.69 Å². The number of halogens is 3. The van der Waals surface area contributed by atoms with Crippen LogP contribution >= 0.6 is 39.1 Å². The molecule has 2 rings (SSSR count). The van der Waals surface area contributed by atoms with Crippen LogP contribution in [0.1, 0.15) is 5.56 Å². The minimum atomic E-state index is -3.74. The molecule has 0 atom stereocenters. The molecule has 2 aromatic rings. The van der Waals surface area contributed by atoms with Crippen molar-refractivity contribution in [2.45, 2.75) is 11.4 Å². The molecule has 0 fully saturated rings. The molecule has 0 aliphatic rings. The molecule has 4 nitrogen and oxygen atoms in total. The van der Waals surface area contributed by atoms with E-state index in [1.807, 2.05) is 0 Å². The average Bonchev–Trinajstić information content (AvgIpc) is 2.42. The zero-order valence-electron chi connectivity index (χ0n) is 10.6. The first-order valence-electron chi connectivity index (χ1n) is 5.80. The van der Waals surface area contributed by atoms with Gasteiger partial charge in [-0.3, -0.25) is 4.72 Å². The topological polar surface area (TPSA) is 72.2 Å². The Kier molecular flexibility index (Phi) is 5.16. The van der Waals surface area contributed by atoms with Gasteiger partial charge in [-0.1, -0.05) is 29.3 Å². The number of anilines is 1. The number of nitrogens with one attached hydrogen (secondary N) is 1. The van der Waals surface area contributed by atoms with Gasteiger partial charge in [0.1, 0.15) is 0 Å². The number of hydrogen-bond acceptors (Lipinski definition) is 3. The second-order valence-corrected chi connectivity index (χ2v) is 7.54. The minimum absolute atomic E-state index is 0.0590. The van der Waals surface area contributed by atoms with Crippen molar-refractivity contribution in [3.63, 3.8) is 0 Å². The van der Waals surface area contributed by atoms with Gasteiger partial charge >= 0.3 is 0 Å². The Morgan fingerprint density at radius 2 is 1.81 bits per heavy atom. The highest BCUT2D eigenvalue weighted by atomic mass is 79.9. The molecule has 0 amide bonds. The summed E-state index contributed by atoms with van der Waals surface area (Å²) < 4.78 is 27.7. The SMILES string of the molecule is NCc1ccc(S(=O)(=O)Nc2ccc(Br)c(Cl)c2)cc1Cl. The zero-order valence-corrected chi connectivity index (χ0v) is 14.5. The van der Waals surface area contributed by atoms with Crippen LogP contribution in [-0.4, -0.2) is 8.42 Å². The number of sulfonamides is 1. The number of hydrogen-bond donors (Lipinski definition) is 2. The van der Waals surface area contributed by atoms with Crippen molar-refractivity contribution in [2.75, 3.05) is 4.72 Å². The Labute approximate surface area is 141 Å². The molecular formula is C13H11BrCl2N2O2S. The Morgan fingerprint density at radius 1 is 1.10 bits per heavy atom. The van der Waals surface area contributed by atoms with Crippen molar-refractivity contribution in [1.29, 1.82) is 0 Å². The zero-order chi connectivity index (χ0) is 15.6. The maximum absolute atomic E-state index is 12.3. The highest BCUT2D eigenvalue weighted by Crippen LogP contribution is 2.27. The van der Waals surface area contributed by atoms with Crippen LogP contribution in [0.3, 0.4) is 0 Å². The third-order valence-electron chi connectivity index (χ3n) is 2.73. The van der Waals surface area contributed by atoms with E-state index >= 15 is 0 Å². The highest BCUT2D eigenvalue weighted by Gasteiger charge is 2.16. The van der Waals surface area contributed by atoms with Gasteiger partial charge in [0.2, 0.25) is 0 Å². The van der Waals surface area contributed by atoms with Crippen LogP contribution in [0.15, 0.2) is 45.8 Å². The quantitative estimate of drug-likeness (QED) is 0.800. The molecule has 0 saturated carbocycles. The van der Waals surface area contributed by atoms with Crippen molar-refractivity contribution in [1.82, 2.24) is 0 Å². The van der Waals surface area contributed by atoms with E-state index in [-0.39, 0.29) is 11.4 Å². The summed E-state index contributed by atoms with van der Waals surface area (Å²) in [6.07, 6.45) is 0. The van der Waals surface area contributed by atoms with Crippen molar-refractivity contribution in [3.8, 4) is 0 Å². The smallest absolute Gasteiger partial charge is 0.261 e. The Morgan fingerprint density at radius 3 is 2.38 bits per heavy atom. The molecule has 0 aliphatic carbocycles. The molecular weight excluding hydrogens is 399 g/mol. The van der Waals surface area contributed by atoms with Gasteiger partial charge < -0.3 is 5.73 Å². The number of nitrogens with two attached hydrogens (primary N) is 1. The van der Waals surface area contributed by atoms with E-state index in [0.717, 1.165) is 0 Å². The molecule has 0 unspecified atom stereocenters. The van der Waals surface area contributed by atoms with E-state index in [2.05, 4.69) is 20.7 Å². The summed E-state index contributed by atoms with van der Waals surface area (Å²) in [4.78, 5) is 0.0590. The summed E-state index contributed by atoms with van der Waals surface area (Å²) in [6.45, 7) is 0.245. The van der Waals surface area contributed by atoms with E-state index in [1.54, 1.807) is 18.2 Å². The summed E-state index contributed by atoms with van der Waals surface area (Å²) in [5.41, 5.74) is 6.54. The molecule has 0 bridgehead atoms. The van der Waals surface area contributed by atoms with E-state index in [0.29, 0.717) is 25.8 Å². The third kappa shape index (κ3) is 3.90. The van der Waals surface area contributed by atoms with Crippen LogP contribution in [0.5, 0.6) is 0 Å². The molecule has 0 radical (unpaired) electrons. The number of benzene rings is 2. The lowest BCUT2D eigenvalue weighted by molar-refractivity contribution is 0.601. The molecule has 3 N–H and O–H groups in total. The van der Waals surface area contributed by atoms with Gasteiger partial charge in [-0.25, -0.2) is 8.42 Å². The first kappa shape index (κ1) is 16.6. The molecule has 0 aromatic heterocycles. The maximum Gasteiger partial charge on any atom is 0.261 e. The van der Waals surface area contributed by atoms with Gasteiger partial charge in [0.05, 0.1) is 15.6 Å². The number of rotatable bonds is 4. The maximum atomic E-state index is 12.3. The van der Waals surface area contributed by atoms with Crippen LogP contribution in [-0.2, 0) is 16.6 Å². The first-order chi connectivity index (χ1) is 9.83. The van der Waals surface area contributed by atoms with Crippen LogP contribution < -0.4 is 10.5 Å². The van der Waals surface area contributed by atoms with Gasteiger partial charge in [0.15, 0.2) is 0 Å². The van der Waals surface area contributed by atoms with Crippen LogP contribution in [0, 0.1) is 0 Å². The van der Waals surface area contributed by atoms with Gasteiger partial charge in [0.25, 0.3) is 10.0 Å². The molecule has 0 aliphatic heterocycles. The highest BCUT2D eigenvalue weighted by molar-refractivity contribution is 9.10. The summed E-state index contributed by atoms with van der Waals surface area (Å²) >= 11 is 15.2. The van der Waals surface area contributed by atoms with E-state index < -0.39 is 10.0 Å². The van der Waals surface area contributed by atoms with Crippen LogP contribution in [0.2, 0.25) is 10.0 Å². The minimum Gasteiger partial charge on any atom is -0.326 e. The summed E-state index contributed by atoms with van der Waals surface area (Å²) in [7, 11) is -3.74. The van der Waals surface area contributed by atoms with Gasteiger partial charge in [-0.05, 0) is 51.8 Å². The fraction of sp³-hybridized carbons (Fsp3) is 0.0769. The summed E-state index contributed by atoms with van der Waals surface area (Å²) in [5.74, 6) is 0. The first-order valence-corrected chi connectivity index (χ1v) is 8.83. The van der Waals surface area contributed by atoms with Crippen molar-refractivity contribution >= 4 is 54.8 Å². The van der Waals surface area contributed by atoms with Crippen molar-refractivity contribution in [2.24, 2.45) is 5.73 Å². The molecule has 0 saturated heterocycles. The van der Waals surface area contributed by atoms with Gasteiger partial charge in [-0.15, -0.1) is 0 Å².